The van der Waals surface area contributed by atoms with Gasteiger partial charge in [0.05, 0.1) is 11.0 Å². The second-order valence-electron chi connectivity index (χ2n) is 4.73. The van der Waals surface area contributed by atoms with Gasteiger partial charge in [0.2, 0.25) is 0 Å². The van der Waals surface area contributed by atoms with Gasteiger partial charge in [0.25, 0.3) is 0 Å². The lowest BCUT2D eigenvalue weighted by Gasteiger charge is -2.44. The van der Waals surface area contributed by atoms with E-state index >= 15 is 0 Å². The third-order valence-corrected chi connectivity index (χ3v) is 4.82. The maximum Gasteiger partial charge on any atom is 0.0692 e. The van der Waals surface area contributed by atoms with E-state index in [1.165, 1.54) is 31.6 Å². The summed E-state index contributed by atoms with van der Waals surface area (Å²) in [5.74, 6) is 1.97. The van der Waals surface area contributed by atoms with Crippen LogP contribution in [0.4, 0.5) is 0 Å². The predicted molar refractivity (Wildman–Crippen MR) is 61.6 cm³/mol. The fourth-order valence-electron chi connectivity index (χ4n) is 2.29. The Balaban J connectivity index is 1.97. The third-order valence-electron chi connectivity index (χ3n) is 3.26. The maximum atomic E-state index is 5.81. The first-order chi connectivity index (χ1) is 6.72. The molecule has 2 saturated heterocycles. The highest BCUT2D eigenvalue weighted by Crippen LogP contribution is 2.39. The summed E-state index contributed by atoms with van der Waals surface area (Å²) in [7, 11) is 0. The zero-order valence-corrected chi connectivity index (χ0v) is 10.0. The minimum absolute atomic E-state index is 0.353. The fraction of sp³-hybridized carbons (Fsp3) is 1.00. The molecule has 2 heterocycles. The largest absolute Gasteiger partial charge is 0.378 e. The van der Waals surface area contributed by atoms with Crippen molar-refractivity contribution in [3.8, 4) is 0 Å². The quantitative estimate of drug-likeness (QED) is 0.725. The molecule has 0 aliphatic carbocycles. The number of thioether (sulfide) groups is 1. The molecular formula is C11H21NOS. The molecule has 0 aromatic rings. The van der Waals surface area contributed by atoms with Gasteiger partial charge in [0.15, 0.2) is 0 Å². The summed E-state index contributed by atoms with van der Waals surface area (Å²) in [4.78, 5) is 0.353. The van der Waals surface area contributed by atoms with E-state index in [0.29, 0.717) is 16.9 Å². The monoisotopic (exact) mass is 215 g/mol. The van der Waals surface area contributed by atoms with Gasteiger partial charge < -0.3 is 10.1 Å². The topological polar surface area (TPSA) is 21.3 Å². The molecule has 0 saturated carbocycles. The first-order valence-corrected chi connectivity index (χ1v) is 6.71. The van der Waals surface area contributed by atoms with E-state index in [-0.39, 0.29) is 0 Å². The lowest BCUT2D eigenvalue weighted by molar-refractivity contribution is -0.0315. The standard InChI is InChI=1S/C11H21NOS/c1-9(2)10-8-11(4-6-13-10)12-5-3-7-14-11/h9-10,12H,3-8H2,1-2H3. The van der Waals surface area contributed by atoms with Gasteiger partial charge in [-0.25, -0.2) is 0 Å². The van der Waals surface area contributed by atoms with Crippen LogP contribution in [-0.4, -0.2) is 29.9 Å². The van der Waals surface area contributed by atoms with E-state index in [1.54, 1.807) is 0 Å². The number of hydrogen-bond acceptors (Lipinski definition) is 3. The van der Waals surface area contributed by atoms with E-state index in [4.69, 9.17) is 4.74 Å². The first kappa shape index (κ1) is 10.8. The van der Waals surface area contributed by atoms with Crippen LogP contribution in [0, 0.1) is 5.92 Å². The highest BCUT2D eigenvalue weighted by atomic mass is 32.2. The second-order valence-corrected chi connectivity index (χ2v) is 6.21. The molecule has 2 fully saturated rings. The average Bonchev–Trinajstić information content (AvgIpc) is 2.19. The van der Waals surface area contributed by atoms with Crippen molar-refractivity contribution >= 4 is 11.8 Å². The normalized spacial score (nSPS) is 39.2. The van der Waals surface area contributed by atoms with Gasteiger partial charge in [-0.05, 0) is 31.1 Å². The van der Waals surface area contributed by atoms with E-state index in [0.717, 1.165) is 6.61 Å². The summed E-state index contributed by atoms with van der Waals surface area (Å²) in [6.45, 7) is 6.65. The zero-order chi connectivity index (χ0) is 10.0. The molecule has 0 bridgehead atoms. The fourth-order valence-corrected chi connectivity index (χ4v) is 3.68. The van der Waals surface area contributed by atoms with E-state index in [2.05, 4.69) is 30.9 Å². The minimum atomic E-state index is 0.353. The Bertz CT molecular complexity index is 184. The molecule has 14 heavy (non-hydrogen) atoms. The van der Waals surface area contributed by atoms with Gasteiger partial charge >= 0.3 is 0 Å². The number of hydrogen-bond donors (Lipinski definition) is 1. The molecule has 3 heteroatoms. The summed E-state index contributed by atoms with van der Waals surface area (Å²) in [6.07, 6.45) is 4.15. The highest BCUT2D eigenvalue weighted by molar-refractivity contribution is 8.00. The van der Waals surface area contributed by atoms with Gasteiger partial charge in [0, 0.05) is 13.0 Å². The summed E-state index contributed by atoms with van der Waals surface area (Å²) >= 11 is 2.12. The molecule has 2 rings (SSSR count). The van der Waals surface area contributed by atoms with Gasteiger partial charge in [-0.2, -0.15) is 0 Å². The smallest absolute Gasteiger partial charge is 0.0692 e. The molecule has 0 aromatic heterocycles. The van der Waals surface area contributed by atoms with Crippen molar-refractivity contribution < 1.29 is 4.74 Å². The van der Waals surface area contributed by atoms with Crippen molar-refractivity contribution in [3.05, 3.63) is 0 Å². The SMILES string of the molecule is CC(C)C1CC2(CCO1)NCCCS2. The molecule has 2 aliphatic rings. The van der Waals surface area contributed by atoms with Gasteiger partial charge in [0.1, 0.15) is 0 Å². The Labute approximate surface area is 91.2 Å². The van der Waals surface area contributed by atoms with Crippen LogP contribution in [0.2, 0.25) is 0 Å². The molecule has 1 N–H and O–H groups in total. The molecule has 0 amide bonds. The summed E-state index contributed by atoms with van der Waals surface area (Å²) in [5.41, 5.74) is 0. The molecular weight excluding hydrogens is 194 g/mol. The Hall–Kier alpha value is 0.270. The number of rotatable bonds is 1. The van der Waals surface area contributed by atoms with E-state index in [1.807, 2.05) is 0 Å². The predicted octanol–water partition coefficient (Wildman–Crippen LogP) is 2.24. The minimum Gasteiger partial charge on any atom is -0.378 e. The van der Waals surface area contributed by atoms with Crippen molar-refractivity contribution in [2.24, 2.45) is 5.92 Å². The van der Waals surface area contributed by atoms with Crippen LogP contribution in [-0.2, 0) is 4.74 Å². The van der Waals surface area contributed by atoms with Crippen molar-refractivity contribution in [1.29, 1.82) is 0 Å². The van der Waals surface area contributed by atoms with Crippen molar-refractivity contribution in [3.63, 3.8) is 0 Å². The molecule has 2 aliphatic heterocycles. The summed E-state index contributed by atoms with van der Waals surface area (Å²) in [5, 5.41) is 3.70. The van der Waals surface area contributed by atoms with Gasteiger partial charge in [-0.3, -0.25) is 0 Å². The molecule has 2 nitrogen and oxygen atoms in total. The Morgan fingerprint density at radius 2 is 2.36 bits per heavy atom. The Kier molecular flexibility index (Phi) is 3.40. The lowest BCUT2D eigenvalue weighted by Crippen LogP contribution is -2.52. The molecule has 82 valence electrons. The summed E-state index contributed by atoms with van der Waals surface area (Å²) < 4.78 is 5.81. The maximum absolute atomic E-state index is 5.81. The molecule has 0 radical (unpaired) electrons. The Morgan fingerprint density at radius 3 is 3.00 bits per heavy atom. The number of ether oxygens (including phenoxy) is 1. The first-order valence-electron chi connectivity index (χ1n) is 5.72. The summed E-state index contributed by atoms with van der Waals surface area (Å²) in [6, 6.07) is 0. The van der Waals surface area contributed by atoms with Crippen LogP contribution in [0.25, 0.3) is 0 Å². The van der Waals surface area contributed by atoms with Crippen LogP contribution < -0.4 is 5.32 Å². The number of nitrogens with one attached hydrogen (secondary N) is 1. The third kappa shape index (κ3) is 2.26. The average molecular weight is 215 g/mol. The van der Waals surface area contributed by atoms with Crippen LogP contribution in [0.1, 0.15) is 33.1 Å². The highest BCUT2D eigenvalue weighted by Gasteiger charge is 2.39. The van der Waals surface area contributed by atoms with E-state index in [9.17, 15) is 0 Å². The zero-order valence-electron chi connectivity index (χ0n) is 9.21. The molecule has 1 spiro atoms. The molecule has 2 atom stereocenters. The van der Waals surface area contributed by atoms with E-state index < -0.39 is 0 Å². The van der Waals surface area contributed by atoms with Crippen molar-refractivity contribution in [2.75, 3.05) is 18.9 Å². The van der Waals surface area contributed by atoms with Crippen LogP contribution >= 0.6 is 11.8 Å². The van der Waals surface area contributed by atoms with Crippen molar-refractivity contribution in [1.82, 2.24) is 5.32 Å². The van der Waals surface area contributed by atoms with Crippen LogP contribution in [0.15, 0.2) is 0 Å². The molecule has 2 unspecified atom stereocenters. The van der Waals surface area contributed by atoms with Gasteiger partial charge in [-0.1, -0.05) is 13.8 Å². The van der Waals surface area contributed by atoms with Crippen molar-refractivity contribution in [2.45, 2.75) is 44.1 Å². The lowest BCUT2D eigenvalue weighted by atomic mass is 9.94. The second kappa shape index (κ2) is 4.42. The van der Waals surface area contributed by atoms with Gasteiger partial charge in [-0.15, -0.1) is 11.8 Å². The Morgan fingerprint density at radius 1 is 1.50 bits per heavy atom. The molecule has 0 aromatic carbocycles. The van der Waals surface area contributed by atoms with Crippen LogP contribution in [0.3, 0.4) is 0 Å². The van der Waals surface area contributed by atoms with Crippen LogP contribution in [0.5, 0.6) is 0 Å².